The molecule has 0 saturated carbocycles. The maximum absolute atomic E-state index is 12.5. The summed E-state index contributed by atoms with van der Waals surface area (Å²) in [6.07, 6.45) is 2.55. The van der Waals surface area contributed by atoms with Crippen molar-refractivity contribution in [2.24, 2.45) is 0 Å². The number of carbonyl (C=O) groups excluding carboxylic acids is 1. The first-order chi connectivity index (χ1) is 17.3. The first kappa shape index (κ1) is 27.2. The Morgan fingerprint density at radius 2 is 1.86 bits per heavy atom. The van der Waals surface area contributed by atoms with Crippen molar-refractivity contribution >= 4 is 40.6 Å². The maximum Gasteiger partial charge on any atom is 0.255 e. The SMILES string of the molecule is CC.Cc1cnc2ccc(N3CC[C@H](NC(=O)c4cc(Cl)cc(Cl)c4O)C3)nn12.Fc1ccccc1. The smallest absolute Gasteiger partial charge is 0.255 e. The number of aryl methyl sites for hydroxylation is 1. The normalized spacial score (nSPS) is 14.5. The average Bonchev–Trinajstić information content (AvgIpc) is 3.50. The lowest BCUT2D eigenvalue weighted by atomic mass is 10.1. The zero-order chi connectivity index (χ0) is 26.2. The number of imidazole rings is 1. The molecule has 1 amide bonds. The molecule has 10 heteroatoms. The summed E-state index contributed by atoms with van der Waals surface area (Å²) in [7, 11) is 0. The van der Waals surface area contributed by atoms with Gasteiger partial charge in [-0.1, -0.05) is 55.2 Å². The van der Waals surface area contributed by atoms with Crippen molar-refractivity contribution < 1.29 is 14.3 Å². The summed E-state index contributed by atoms with van der Waals surface area (Å²) in [5.74, 6) is -0.0229. The van der Waals surface area contributed by atoms with Crippen LogP contribution in [-0.2, 0) is 0 Å². The lowest BCUT2D eigenvalue weighted by molar-refractivity contribution is 0.0937. The minimum atomic E-state index is -0.405. The number of nitrogens with one attached hydrogen (secondary N) is 1. The monoisotopic (exact) mass is 531 g/mol. The van der Waals surface area contributed by atoms with Gasteiger partial charge in [-0.2, -0.15) is 0 Å². The number of benzene rings is 2. The first-order valence-electron chi connectivity index (χ1n) is 11.6. The second-order valence-corrected chi connectivity index (χ2v) is 8.69. The third-order valence-electron chi connectivity index (χ3n) is 5.37. The van der Waals surface area contributed by atoms with Crippen molar-refractivity contribution in [1.82, 2.24) is 19.9 Å². The standard InChI is InChI=1S/C18H17Cl2N5O2.C6H5F.C2H6/c1-10-8-21-15-2-3-16(23-25(10)15)24-5-4-12(9-24)22-18(27)13-6-11(19)7-14(20)17(13)26;7-6-4-2-1-3-5-6;1-2/h2-3,6-8,12,26H,4-5,9H2,1H3,(H,22,27);1-5H;1-2H3/t12-;;/m0../s1. The van der Waals surface area contributed by atoms with Crippen LogP contribution in [0, 0.1) is 12.7 Å². The highest BCUT2D eigenvalue weighted by atomic mass is 35.5. The molecule has 2 aromatic carbocycles. The Morgan fingerprint density at radius 1 is 1.14 bits per heavy atom. The molecule has 0 aliphatic carbocycles. The minimum absolute atomic E-state index is 0.0499. The topological polar surface area (TPSA) is 82.8 Å². The molecular formula is C26H28Cl2FN5O2. The van der Waals surface area contributed by atoms with Crippen LogP contribution >= 0.6 is 23.2 Å². The second kappa shape index (κ2) is 12.6. The Bertz CT molecular complexity index is 1320. The predicted octanol–water partition coefficient (Wildman–Crippen LogP) is 5.91. The highest BCUT2D eigenvalue weighted by Crippen LogP contribution is 2.31. The van der Waals surface area contributed by atoms with Crippen LogP contribution in [0.15, 0.2) is 60.8 Å². The van der Waals surface area contributed by atoms with Crippen LogP contribution in [0.2, 0.25) is 10.0 Å². The lowest BCUT2D eigenvalue weighted by Gasteiger charge is -2.18. The summed E-state index contributed by atoms with van der Waals surface area (Å²) in [5.41, 5.74) is 1.83. The van der Waals surface area contributed by atoms with Gasteiger partial charge < -0.3 is 15.3 Å². The van der Waals surface area contributed by atoms with Gasteiger partial charge in [0.05, 0.1) is 22.5 Å². The molecule has 190 valence electrons. The number of phenolic OH excluding ortho intramolecular Hbond substituents is 1. The van der Waals surface area contributed by atoms with Crippen molar-refractivity contribution in [1.29, 1.82) is 0 Å². The molecule has 0 unspecified atom stereocenters. The van der Waals surface area contributed by atoms with Gasteiger partial charge in [0.25, 0.3) is 5.91 Å². The van der Waals surface area contributed by atoms with Crippen LogP contribution < -0.4 is 10.2 Å². The number of aromatic hydroxyl groups is 1. The summed E-state index contributed by atoms with van der Waals surface area (Å²) in [6, 6.07) is 14.5. The molecule has 2 aromatic heterocycles. The number of hydrogen-bond acceptors (Lipinski definition) is 5. The van der Waals surface area contributed by atoms with E-state index in [1.54, 1.807) is 28.9 Å². The summed E-state index contributed by atoms with van der Waals surface area (Å²) in [4.78, 5) is 18.9. The number of nitrogens with zero attached hydrogens (tertiary/aromatic N) is 4. The molecule has 4 aromatic rings. The number of halogens is 3. The minimum Gasteiger partial charge on any atom is -0.506 e. The van der Waals surface area contributed by atoms with Crippen LogP contribution in [0.4, 0.5) is 10.2 Å². The van der Waals surface area contributed by atoms with Gasteiger partial charge in [-0.25, -0.2) is 13.9 Å². The molecule has 5 rings (SSSR count). The number of hydrogen-bond donors (Lipinski definition) is 2. The molecule has 0 spiro atoms. The second-order valence-electron chi connectivity index (χ2n) is 7.85. The molecule has 1 aliphatic heterocycles. The summed E-state index contributed by atoms with van der Waals surface area (Å²) < 4.78 is 13.7. The van der Waals surface area contributed by atoms with Gasteiger partial charge in [0.2, 0.25) is 0 Å². The van der Waals surface area contributed by atoms with E-state index in [2.05, 4.69) is 20.3 Å². The van der Waals surface area contributed by atoms with Gasteiger partial charge in [-0.05, 0) is 49.7 Å². The molecule has 1 atom stereocenters. The van der Waals surface area contributed by atoms with Crippen LogP contribution in [0.1, 0.15) is 36.3 Å². The van der Waals surface area contributed by atoms with Crippen LogP contribution in [-0.4, -0.2) is 44.7 Å². The van der Waals surface area contributed by atoms with Crippen molar-refractivity contribution in [2.75, 3.05) is 18.0 Å². The van der Waals surface area contributed by atoms with Gasteiger partial charge in [-0.3, -0.25) is 4.79 Å². The number of aromatic nitrogens is 3. The number of fused-ring (bicyclic) bond motifs is 1. The number of anilines is 1. The van der Waals surface area contributed by atoms with Crippen LogP contribution in [0.3, 0.4) is 0 Å². The third kappa shape index (κ3) is 6.65. The maximum atomic E-state index is 12.5. The van der Waals surface area contributed by atoms with Gasteiger partial charge >= 0.3 is 0 Å². The molecule has 1 saturated heterocycles. The van der Waals surface area contributed by atoms with E-state index in [9.17, 15) is 14.3 Å². The number of rotatable bonds is 3. The number of amides is 1. The van der Waals surface area contributed by atoms with Crippen molar-refractivity contribution in [2.45, 2.75) is 33.2 Å². The molecule has 3 heterocycles. The van der Waals surface area contributed by atoms with E-state index < -0.39 is 5.91 Å². The highest BCUT2D eigenvalue weighted by Gasteiger charge is 2.27. The molecule has 1 fully saturated rings. The van der Waals surface area contributed by atoms with E-state index in [4.69, 9.17) is 23.2 Å². The van der Waals surface area contributed by atoms with E-state index >= 15 is 0 Å². The fourth-order valence-electron chi connectivity index (χ4n) is 3.65. The molecular weight excluding hydrogens is 504 g/mol. The zero-order valence-corrected chi connectivity index (χ0v) is 21.8. The molecule has 2 N–H and O–H groups in total. The molecule has 0 radical (unpaired) electrons. The van der Waals surface area contributed by atoms with Crippen molar-refractivity contribution in [3.8, 4) is 5.75 Å². The van der Waals surface area contributed by atoms with E-state index in [1.807, 2.05) is 32.9 Å². The quantitative estimate of drug-likeness (QED) is 0.343. The highest BCUT2D eigenvalue weighted by molar-refractivity contribution is 6.36. The molecule has 36 heavy (non-hydrogen) atoms. The zero-order valence-electron chi connectivity index (χ0n) is 20.3. The summed E-state index contributed by atoms with van der Waals surface area (Å²) in [6.45, 7) is 7.33. The van der Waals surface area contributed by atoms with Crippen LogP contribution in [0.5, 0.6) is 5.75 Å². The summed E-state index contributed by atoms with van der Waals surface area (Å²) in [5, 5.41) is 17.9. The fourth-order valence-corrected chi connectivity index (χ4v) is 4.14. The van der Waals surface area contributed by atoms with Gasteiger partial charge in [0.15, 0.2) is 5.65 Å². The Labute approximate surface area is 219 Å². The van der Waals surface area contributed by atoms with E-state index in [-0.39, 0.29) is 28.2 Å². The predicted molar refractivity (Wildman–Crippen MR) is 142 cm³/mol. The van der Waals surface area contributed by atoms with Gasteiger partial charge in [-0.15, -0.1) is 5.10 Å². The number of phenols is 1. The largest absolute Gasteiger partial charge is 0.506 e. The summed E-state index contributed by atoms with van der Waals surface area (Å²) >= 11 is 11.8. The van der Waals surface area contributed by atoms with Crippen molar-refractivity contribution in [3.63, 3.8) is 0 Å². The van der Waals surface area contributed by atoms with Gasteiger partial charge in [0.1, 0.15) is 17.4 Å². The van der Waals surface area contributed by atoms with E-state index in [0.29, 0.717) is 11.6 Å². The Balaban J connectivity index is 0.000000342. The fraction of sp³-hybridized carbons (Fsp3) is 0.269. The number of carbonyl (C=O) groups is 1. The van der Waals surface area contributed by atoms with Crippen LogP contribution in [0.25, 0.3) is 5.65 Å². The Kier molecular flexibility index (Phi) is 9.50. The Hall–Kier alpha value is -3.36. The molecule has 0 bridgehead atoms. The molecule has 1 aliphatic rings. The van der Waals surface area contributed by atoms with Gasteiger partial charge in [0, 0.05) is 24.2 Å². The van der Waals surface area contributed by atoms with Crippen molar-refractivity contribution in [3.05, 3.63) is 87.9 Å². The van der Waals surface area contributed by atoms with E-state index in [1.165, 1.54) is 24.3 Å². The first-order valence-corrected chi connectivity index (χ1v) is 12.3. The lowest BCUT2D eigenvalue weighted by Crippen LogP contribution is -2.37. The third-order valence-corrected chi connectivity index (χ3v) is 5.88. The average molecular weight is 532 g/mol. The van der Waals surface area contributed by atoms with E-state index in [0.717, 1.165) is 30.1 Å². The molecule has 7 nitrogen and oxygen atoms in total. The Morgan fingerprint density at radius 3 is 2.53 bits per heavy atom.